The number of nitrogens with zero attached hydrogens (tertiary/aromatic N) is 1. The zero-order chi connectivity index (χ0) is 19.1. The van der Waals surface area contributed by atoms with E-state index in [0.29, 0.717) is 16.6 Å². The van der Waals surface area contributed by atoms with Crippen LogP contribution >= 0.6 is 11.6 Å². The third kappa shape index (κ3) is 3.49. The maximum Gasteiger partial charge on any atom is 0.252 e. The van der Waals surface area contributed by atoms with Gasteiger partial charge < -0.3 is 11.1 Å². The van der Waals surface area contributed by atoms with E-state index in [1.54, 1.807) is 0 Å². The summed E-state index contributed by atoms with van der Waals surface area (Å²) in [5, 5.41) is 3.72. The number of pyridine rings is 1. The average Bonchev–Trinajstić information content (AvgIpc) is 2.54. The molecule has 8 heteroatoms. The number of amides is 1. The SMILES string of the molecule is Cc1cccc(Nc2c(C(N)=O)cnc3c(Cl)cc(S(C)(=O)=O)cc23)c1. The Labute approximate surface area is 155 Å². The molecule has 0 saturated heterocycles. The van der Waals surface area contributed by atoms with Crippen LogP contribution in [0.1, 0.15) is 15.9 Å². The van der Waals surface area contributed by atoms with Crippen molar-refractivity contribution in [3.8, 4) is 0 Å². The third-order valence-corrected chi connectivity index (χ3v) is 5.26. The first kappa shape index (κ1) is 18.2. The van der Waals surface area contributed by atoms with Gasteiger partial charge in [0, 0.05) is 23.5 Å². The van der Waals surface area contributed by atoms with Crippen LogP contribution in [0.15, 0.2) is 47.5 Å². The van der Waals surface area contributed by atoms with E-state index in [1.807, 2.05) is 31.2 Å². The summed E-state index contributed by atoms with van der Waals surface area (Å²) < 4.78 is 23.9. The van der Waals surface area contributed by atoms with E-state index in [9.17, 15) is 13.2 Å². The van der Waals surface area contributed by atoms with Gasteiger partial charge in [0.1, 0.15) is 0 Å². The monoisotopic (exact) mass is 389 g/mol. The molecule has 0 aliphatic rings. The van der Waals surface area contributed by atoms with Gasteiger partial charge >= 0.3 is 0 Å². The number of aryl methyl sites for hydroxylation is 1. The number of benzene rings is 2. The Morgan fingerprint density at radius 3 is 2.58 bits per heavy atom. The number of sulfone groups is 1. The molecule has 0 unspecified atom stereocenters. The number of primary amides is 1. The highest BCUT2D eigenvalue weighted by molar-refractivity contribution is 7.90. The second-order valence-electron chi connectivity index (χ2n) is 5.98. The van der Waals surface area contributed by atoms with Crippen LogP contribution in [0.3, 0.4) is 0 Å². The van der Waals surface area contributed by atoms with Crippen molar-refractivity contribution >= 4 is 49.6 Å². The maximum absolute atomic E-state index is 12.0. The van der Waals surface area contributed by atoms with Gasteiger partial charge in [-0.25, -0.2) is 8.42 Å². The van der Waals surface area contributed by atoms with Gasteiger partial charge in [-0.1, -0.05) is 23.7 Å². The minimum Gasteiger partial charge on any atom is -0.365 e. The van der Waals surface area contributed by atoms with Crippen molar-refractivity contribution < 1.29 is 13.2 Å². The van der Waals surface area contributed by atoms with Crippen molar-refractivity contribution in [1.82, 2.24) is 4.98 Å². The van der Waals surface area contributed by atoms with Gasteiger partial charge in [-0.15, -0.1) is 0 Å². The van der Waals surface area contributed by atoms with Crippen LogP contribution in [0.5, 0.6) is 0 Å². The zero-order valence-corrected chi connectivity index (χ0v) is 15.6. The molecule has 0 fully saturated rings. The molecule has 0 bridgehead atoms. The lowest BCUT2D eigenvalue weighted by atomic mass is 10.1. The zero-order valence-electron chi connectivity index (χ0n) is 14.1. The molecule has 0 spiro atoms. The van der Waals surface area contributed by atoms with E-state index in [-0.39, 0.29) is 15.5 Å². The molecule has 26 heavy (non-hydrogen) atoms. The van der Waals surface area contributed by atoms with Crippen molar-refractivity contribution in [1.29, 1.82) is 0 Å². The Morgan fingerprint density at radius 2 is 1.96 bits per heavy atom. The number of hydrogen-bond donors (Lipinski definition) is 2. The van der Waals surface area contributed by atoms with Crippen molar-refractivity contribution in [3.05, 3.63) is 58.7 Å². The summed E-state index contributed by atoms with van der Waals surface area (Å²) in [4.78, 5) is 16.1. The predicted octanol–water partition coefficient (Wildman–Crippen LogP) is 3.44. The summed E-state index contributed by atoms with van der Waals surface area (Å²) >= 11 is 6.23. The first-order valence-electron chi connectivity index (χ1n) is 7.62. The largest absolute Gasteiger partial charge is 0.365 e. The van der Waals surface area contributed by atoms with Crippen LogP contribution in [0, 0.1) is 6.92 Å². The normalized spacial score (nSPS) is 11.5. The highest BCUT2D eigenvalue weighted by Crippen LogP contribution is 2.34. The quantitative estimate of drug-likeness (QED) is 0.711. The fraction of sp³-hybridized carbons (Fsp3) is 0.111. The Bertz CT molecular complexity index is 1140. The van der Waals surface area contributed by atoms with Crippen LogP contribution < -0.4 is 11.1 Å². The number of aromatic nitrogens is 1. The van der Waals surface area contributed by atoms with E-state index < -0.39 is 15.7 Å². The molecule has 0 atom stereocenters. The fourth-order valence-electron chi connectivity index (χ4n) is 2.64. The number of halogens is 1. The summed E-state index contributed by atoms with van der Waals surface area (Å²) in [6, 6.07) is 10.3. The summed E-state index contributed by atoms with van der Waals surface area (Å²) in [5.74, 6) is -0.685. The van der Waals surface area contributed by atoms with Crippen molar-refractivity contribution in [3.63, 3.8) is 0 Å². The van der Waals surface area contributed by atoms with Crippen LogP contribution in [-0.4, -0.2) is 25.6 Å². The van der Waals surface area contributed by atoms with Crippen molar-refractivity contribution in [2.45, 2.75) is 11.8 Å². The average molecular weight is 390 g/mol. The minimum atomic E-state index is -3.50. The minimum absolute atomic E-state index is 0.0331. The Balaban J connectivity index is 2.34. The number of carbonyl (C=O) groups excluding carboxylic acids is 1. The fourth-order valence-corrected chi connectivity index (χ4v) is 3.63. The Morgan fingerprint density at radius 1 is 1.23 bits per heavy atom. The van der Waals surface area contributed by atoms with Gasteiger partial charge in [-0.2, -0.15) is 0 Å². The summed E-state index contributed by atoms with van der Waals surface area (Å²) in [7, 11) is -3.50. The molecule has 2 aromatic carbocycles. The molecular weight excluding hydrogens is 374 g/mol. The summed E-state index contributed by atoms with van der Waals surface area (Å²) in [5.41, 5.74) is 8.10. The molecule has 3 N–H and O–H groups in total. The number of anilines is 2. The number of fused-ring (bicyclic) bond motifs is 1. The van der Waals surface area contributed by atoms with Gasteiger partial charge in [-0.3, -0.25) is 9.78 Å². The molecule has 1 aromatic heterocycles. The highest BCUT2D eigenvalue weighted by atomic mass is 35.5. The molecule has 1 amide bonds. The lowest BCUT2D eigenvalue weighted by Crippen LogP contribution is -2.14. The third-order valence-electron chi connectivity index (χ3n) is 3.88. The van der Waals surface area contributed by atoms with Crippen LogP contribution in [0.4, 0.5) is 11.4 Å². The van der Waals surface area contributed by atoms with E-state index in [0.717, 1.165) is 17.5 Å². The second-order valence-corrected chi connectivity index (χ2v) is 8.40. The molecule has 0 aliphatic carbocycles. The van der Waals surface area contributed by atoms with E-state index in [4.69, 9.17) is 17.3 Å². The number of rotatable bonds is 4. The molecule has 0 aliphatic heterocycles. The molecule has 1 heterocycles. The molecule has 6 nitrogen and oxygen atoms in total. The molecular formula is C18H16ClN3O3S. The Hall–Kier alpha value is -2.64. The molecule has 3 rings (SSSR count). The summed E-state index contributed by atoms with van der Waals surface area (Å²) in [6.07, 6.45) is 2.41. The highest BCUT2D eigenvalue weighted by Gasteiger charge is 2.18. The number of nitrogens with one attached hydrogen (secondary N) is 1. The lowest BCUT2D eigenvalue weighted by molar-refractivity contribution is 0.100. The molecule has 3 aromatic rings. The molecule has 0 radical (unpaired) electrons. The van der Waals surface area contributed by atoms with Gasteiger partial charge in [0.15, 0.2) is 9.84 Å². The maximum atomic E-state index is 12.0. The topological polar surface area (TPSA) is 102 Å². The van der Waals surface area contributed by atoms with Gasteiger partial charge in [0.25, 0.3) is 5.91 Å². The first-order chi connectivity index (χ1) is 12.2. The first-order valence-corrected chi connectivity index (χ1v) is 9.89. The predicted molar refractivity (Wildman–Crippen MR) is 103 cm³/mol. The smallest absolute Gasteiger partial charge is 0.252 e. The van der Waals surface area contributed by atoms with Gasteiger partial charge in [0.05, 0.1) is 26.7 Å². The number of hydrogen-bond acceptors (Lipinski definition) is 5. The van der Waals surface area contributed by atoms with E-state index in [1.165, 1.54) is 18.3 Å². The standard InChI is InChI=1S/C18H16ClN3O3S/c1-10-4-3-5-11(6-10)22-16-13-7-12(26(2,24)25)8-15(19)17(13)21-9-14(16)18(20)23/h3-9H,1-2H3,(H2,20,23)(H,21,22). The van der Waals surface area contributed by atoms with E-state index in [2.05, 4.69) is 10.3 Å². The number of carbonyl (C=O) groups is 1. The number of nitrogens with two attached hydrogens (primary N) is 1. The van der Waals surface area contributed by atoms with Crippen LogP contribution in [0.25, 0.3) is 10.9 Å². The van der Waals surface area contributed by atoms with E-state index >= 15 is 0 Å². The second kappa shape index (κ2) is 6.59. The van der Waals surface area contributed by atoms with Gasteiger partial charge in [-0.05, 0) is 36.8 Å². The van der Waals surface area contributed by atoms with Crippen molar-refractivity contribution in [2.24, 2.45) is 5.73 Å². The van der Waals surface area contributed by atoms with Crippen LogP contribution in [-0.2, 0) is 9.84 Å². The lowest BCUT2D eigenvalue weighted by Gasteiger charge is -2.15. The van der Waals surface area contributed by atoms with Crippen LogP contribution in [0.2, 0.25) is 5.02 Å². The van der Waals surface area contributed by atoms with Crippen molar-refractivity contribution in [2.75, 3.05) is 11.6 Å². The molecule has 134 valence electrons. The molecule has 0 saturated carbocycles. The summed E-state index contributed by atoms with van der Waals surface area (Å²) in [6.45, 7) is 1.93. The van der Waals surface area contributed by atoms with Gasteiger partial charge in [0.2, 0.25) is 0 Å². The Kier molecular flexibility index (Phi) is 4.60.